The van der Waals surface area contributed by atoms with Gasteiger partial charge in [0, 0.05) is 0 Å². The molecule has 0 atom stereocenters. The predicted octanol–water partition coefficient (Wildman–Crippen LogP) is 4.43. The highest BCUT2D eigenvalue weighted by molar-refractivity contribution is 5.01. The molecule has 0 unspecified atom stereocenters. The van der Waals surface area contributed by atoms with Crippen molar-refractivity contribution in [3.63, 3.8) is 0 Å². The third-order valence-corrected chi connectivity index (χ3v) is 4.45. The Morgan fingerprint density at radius 2 is 1.53 bits per heavy atom. The SMILES string of the molecule is N#CC1(CC2CCCC2)CCCCCC1. The summed E-state index contributed by atoms with van der Waals surface area (Å²) in [5.74, 6) is 0.878. The third kappa shape index (κ3) is 2.74. The molecule has 0 radical (unpaired) electrons. The average Bonchev–Trinajstić information content (AvgIpc) is 2.64. The molecule has 0 aliphatic heterocycles. The lowest BCUT2D eigenvalue weighted by molar-refractivity contribution is 0.257. The van der Waals surface area contributed by atoms with Crippen molar-refractivity contribution in [2.45, 2.75) is 70.6 Å². The van der Waals surface area contributed by atoms with E-state index in [4.69, 9.17) is 0 Å². The number of hydrogen-bond acceptors (Lipinski definition) is 1. The van der Waals surface area contributed by atoms with Gasteiger partial charge < -0.3 is 0 Å². The Morgan fingerprint density at radius 3 is 2.07 bits per heavy atom. The highest BCUT2D eigenvalue weighted by Crippen LogP contribution is 2.43. The van der Waals surface area contributed by atoms with Gasteiger partial charge >= 0.3 is 0 Å². The molecule has 84 valence electrons. The van der Waals surface area contributed by atoms with Gasteiger partial charge in [-0.15, -0.1) is 0 Å². The Bertz CT molecular complexity index is 224. The van der Waals surface area contributed by atoms with Crippen LogP contribution in [0.5, 0.6) is 0 Å². The summed E-state index contributed by atoms with van der Waals surface area (Å²) in [6.45, 7) is 0. The van der Waals surface area contributed by atoms with Crippen LogP contribution in [0.25, 0.3) is 0 Å². The molecule has 2 aliphatic rings. The first kappa shape index (κ1) is 11.0. The molecule has 0 spiro atoms. The van der Waals surface area contributed by atoms with E-state index in [-0.39, 0.29) is 5.41 Å². The van der Waals surface area contributed by atoms with E-state index < -0.39 is 0 Å². The minimum absolute atomic E-state index is 0.0749. The van der Waals surface area contributed by atoms with E-state index >= 15 is 0 Å². The normalized spacial score (nSPS) is 27.1. The van der Waals surface area contributed by atoms with Gasteiger partial charge in [-0.1, -0.05) is 51.4 Å². The molecule has 2 rings (SSSR count). The van der Waals surface area contributed by atoms with Gasteiger partial charge in [0.25, 0.3) is 0 Å². The van der Waals surface area contributed by atoms with Crippen molar-refractivity contribution in [2.24, 2.45) is 11.3 Å². The monoisotopic (exact) mass is 205 g/mol. The fourth-order valence-corrected chi connectivity index (χ4v) is 3.53. The molecule has 2 aliphatic carbocycles. The summed E-state index contributed by atoms with van der Waals surface area (Å²) in [6, 6.07) is 2.68. The van der Waals surface area contributed by atoms with E-state index in [1.165, 1.54) is 70.6 Å². The summed E-state index contributed by atoms with van der Waals surface area (Å²) in [5.41, 5.74) is 0.0749. The van der Waals surface area contributed by atoms with Crippen molar-refractivity contribution >= 4 is 0 Å². The Hall–Kier alpha value is -0.510. The zero-order valence-corrected chi connectivity index (χ0v) is 9.80. The van der Waals surface area contributed by atoms with Crippen LogP contribution in [0.3, 0.4) is 0 Å². The minimum atomic E-state index is 0.0749. The van der Waals surface area contributed by atoms with Crippen LogP contribution in [-0.2, 0) is 0 Å². The van der Waals surface area contributed by atoms with Gasteiger partial charge in [0.1, 0.15) is 0 Å². The largest absolute Gasteiger partial charge is 0.198 e. The van der Waals surface area contributed by atoms with E-state index in [0.717, 1.165) is 5.92 Å². The second kappa shape index (κ2) is 5.01. The zero-order valence-electron chi connectivity index (χ0n) is 9.80. The van der Waals surface area contributed by atoms with E-state index in [1.807, 2.05) is 0 Å². The minimum Gasteiger partial charge on any atom is -0.198 e. The Balaban J connectivity index is 1.96. The average molecular weight is 205 g/mol. The summed E-state index contributed by atoms with van der Waals surface area (Å²) in [7, 11) is 0. The zero-order chi connectivity index (χ0) is 10.6. The van der Waals surface area contributed by atoms with E-state index in [0.29, 0.717) is 0 Å². The Labute approximate surface area is 93.9 Å². The second-order valence-corrected chi connectivity index (χ2v) is 5.66. The molecule has 15 heavy (non-hydrogen) atoms. The predicted molar refractivity (Wildman–Crippen MR) is 62.3 cm³/mol. The number of rotatable bonds is 2. The van der Waals surface area contributed by atoms with Crippen LogP contribution in [0.1, 0.15) is 70.6 Å². The van der Waals surface area contributed by atoms with Crippen LogP contribution in [-0.4, -0.2) is 0 Å². The summed E-state index contributed by atoms with van der Waals surface area (Å²) in [6.07, 6.45) is 14.5. The van der Waals surface area contributed by atoms with Crippen LogP contribution in [0.15, 0.2) is 0 Å². The second-order valence-electron chi connectivity index (χ2n) is 5.66. The first-order valence-corrected chi connectivity index (χ1v) is 6.76. The van der Waals surface area contributed by atoms with Crippen molar-refractivity contribution in [2.75, 3.05) is 0 Å². The highest BCUT2D eigenvalue weighted by atomic mass is 14.4. The van der Waals surface area contributed by atoms with Crippen molar-refractivity contribution in [3.8, 4) is 6.07 Å². The fourth-order valence-electron chi connectivity index (χ4n) is 3.53. The molecule has 0 N–H and O–H groups in total. The molecule has 2 fully saturated rings. The maximum atomic E-state index is 9.48. The molecule has 0 saturated heterocycles. The smallest absolute Gasteiger partial charge is 0.0689 e. The fraction of sp³-hybridized carbons (Fsp3) is 0.929. The molecule has 0 aromatic heterocycles. The molecular weight excluding hydrogens is 182 g/mol. The van der Waals surface area contributed by atoms with Gasteiger partial charge in [0.05, 0.1) is 11.5 Å². The molecular formula is C14H23N. The first-order chi connectivity index (χ1) is 7.35. The van der Waals surface area contributed by atoms with E-state index in [1.54, 1.807) is 0 Å². The van der Waals surface area contributed by atoms with Crippen molar-refractivity contribution in [3.05, 3.63) is 0 Å². The van der Waals surface area contributed by atoms with Crippen molar-refractivity contribution in [1.82, 2.24) is 0 Å². The molecule has 1 heteroatoms. The molecule has 0 aromatic rings. The van der Waals surface area contributed by atoms with Crippen LogP contribution in [0.4, 0.5) is 0 Å². The Morgan fingerprint density at radius 1 is 0.933 bits per heavy atom. The van der Waals surface area contributed by atoms with Gasteiger partial charge in [-0.3, -0.25) is 0 Å². The number of nitrogens with zero attached hydrogens (tertiary/aromatic N) is 1. The topological polar surface area (TPSA) is 23.8 Å². The quantitative estimate of drug-likeness (QED) is 0.612. The molecule has 0 bridgehead atoms. The van der Waals surface area contributed by atoms with Gasteiger partial charge in [-0.05, 0) is 25.2 Å². The van der Waals surface area contributed by atoms with Crippen LogP contribution < -0.4 is 0 Å². The van der Waals surface area contributed by atoms with Crippen molar-refractivity contribution in [1.29, 1.82) is 5.26 Å². The summed E-state index contributed by atoms with van der Waals surface area (Å²) in [4.78, 5) is 0. The third-order valence-electron chi connectivity index (χ3n) is 4.45. The molecule has 0 aromatic carbocycles. The highest BCUT2D eigenvalue weighted by Gasteiger charge is 2.34. The summed E-state index contributed by atoms with van der Waals surface area (Å²) >= 11 is 0. The molecule has 0 amide bonds. The summed E-state index contributed by atoms with van der Waals surface area (Å²) in [5, 5.41) is 9.48. The van der Waals surface area contributed by atoms with Gasteiger partial charge in [0.15, 0.2) is 0 Å². The maximum absolute atomic E-state index is 9.48. The first-order valence-electron chi connectivity index (χ1n) is 6.76. The van der Waals surface area contributed by atoms with Crippen LogP contribution in [0, 0.1) is 22.7 Å². The lowest BCUT2D eigenvalue weighted by Crippen LogP contribution is -2.21. The molecule has 2 saturated carbocycles. The molecule has 1 nitrogen and oxygen atoms in total. The lowest BCUT2D eigenvalue weighted by Gasteiger charge is -2.27. The summed E-state index contributed by atoms with van der Waals surface area (Å²) < 4.78 is 0. The van der Waals surface area contributed by atoms with Gasteiger partial charge in [0.2, 0.25) is 0 Å². The number of hydrogen-bond donors (Lipinski definition) is 0. The Kier molecular flexibility index (Phi) is 3.67. The lowest BCUT2D eigenvalue weighted by atomic mass is 9.74. The van der Waals surface area contributed by atoms with Gasteiger partial charge in [-0.25, -0.2) is 0 Å². The van der Waals surface area contributed by atoms with Crippen molar-refractivity contribution < 1.29 is 0 Å². The number of nitriles is 1. The van der Waals surface area contributed by atoms with Gasteiger partial charge in [-0.2, -0.15) is 5.26 Å². The van der Waals surface area contributed by atoms with Crippen LogP contribution in [0.2, 0.25) is 0 Å². The van der Waals surface area contributed by atoms with E-state index in [2.05, 4.69) is 6.07 Å². The standard InChI is InChI=1S/C14H23N/c15-12-14(9-5-1-2-6-10-14)11-13-7-3-4-8-13/h13H,1-11H2. The van der Waals surface area contributed by atoms with E-state index in [9.17, 15) is 5.26 Å². The van der Waals surface area contributed by atoms with Crippen LogP contribution >= 0.6 is 0 Å². The molecule has 0 heterocycles. The maximum Gasteiger partial charge on any atom is 0.0689 e.